The minimum atomic E-state index is -4.46. The predicted octanol–water partition coefficient (Wildman–Crippen LogP) is 4.85. The second-order valence-corrected chi connectivity index (χ2v) is 10.1. The number of halogens is 3. The average Bonchev–Trinajstić information content (AvgIpc) is 2.77. The molecule has 5 nitrogen and oxygen atoms in total. The van der Waals surface area contributed by atoms with Gasteiger partial charge in [0.1, 0.15) is 0 Å². The molecule has 2 aliphatic rings. The summed E-state index contributed by atoms with van der Waals surface area (Å²) in [6, 6.07) is 5.96. The zero-order chi connectivity index (χ0) is 23.8. The van der Waals surface area contributed by atoms with Crippen LogP contribution in [0.15, 0.2) is 30.5 Å². The minimum absolute atomic E-state index is 0.0161. The van der Waals surface area contributed by atoms with Gasteiger partial charge in [-0.1, -0.05) is 13.3 Å². The van der Waals surface area contributed by atoms with Crippen LogP contribution >= 0.6 is 0 Å². The van der Waals surface area contributed by atoms with Gasteiger partial charge in [-0.15, -0.1) is 0 Å². The highest BCUT2D eigenvalue weighted by molar-refractivity contribution is 5.94. The van der Waals surface area contributed by atoms with Gasteiger partial charge in [-0.05, 0) is 76.4 Å². The molecule has 2 aromatic rings. The lowest BCUT2D eigenvalue weighted by Crippen LogP contribution is -2.60. The van der Waals surface area contributed by atoms with Gasteiger partial charge in [0.15, 0.2) is 0 Å². The topological polar surface area (TPSA) is 48.5 Å². The van der Waals surface area contributed by atoms with E-state index in [-0.39, 0.29) is 23.4 Å². The molecule has 1 aromatic heterocycles. The Labute approximate surface area is 193 Å². The summed E-state index contributed by atoms with van der Waals surface area (Å²) in [5.41, 5.74) is -0.614. The number of benzene rings is 1. The van der Waals surface area contributed by atoms with Gasteiger partial charge in [-0.2, -0.15) is 13.2 Å². The first-order chi connectivity index (χ1) is 15.6. The van der Waals surface area contributed by atoms with Crippen molar-refractivity contribution in [3.05, 3.63) is 36.0 Å². The maximum absolute atomic E-state index is 13.5. The quantitative estimate of drug-likeness (QED) is 0.706. The van der Waals surface area contributed by atoms with Crippen LogP contribution < -0.4 is 10.2 Å². The molecule has 33 heavy (non-hydrogen) atoms. The fourth-order valence-electron chi connectivity index (χ4n) is 5.27. The number of likely N-dealkylation sites (tertiary alicyclic amines) is 1. The van der Waals surface area contributed by atoms with Crippen LogP contribution in [-0.2, 0) is 11.0 Å². The molecule has 2 aliphatic heterocycles. The van der Waals surface area contributed by atoms with Crippen molar-refractivity contribution in [1.29, 1.82) is 0 Å². The van der Waals surface area contributed by atoms with Crippen molar-refractivity contribution in [3.63, 3.8) is 0 Å². The van der Waals surface area contributed by atoms with Gasteiger partial charge in [0.2, 0.25) is 5.91 Å². The Hall–Kier alpha value is -2.35. The molecular formula is C25H33F3N4O. The number of aromatic nitrogens is 1. The van der Waals surface area contributed by atoms with Crippen molar-refractivity contribution >= 4 is 22.5 Å². The summed E-state index contributed by atoms with van der Waals surface area (Å²) in [6.07, 6.45) is 1.21. The molecular weight excluding hydrogens is 429 g/mol. The van der Waals surface area contributed by atoms with E-state index in [1.165, 1.54) is 12.6 Å². The summed E-state index contributed by atoms with van der Waals surface area (Å²) < 4.78 is 40.6. The monoisotopic (exact) mass is 462 g/mol. The lowest BCUT2D eigenvalue weighted by molar-refractivity contribution is -0.136. The van der Waals surface area contributed by atoms with E-state index in [1.807, 2.05) is 13.8 Å². The van der Waals surface area contributed by atoms with E-state index in [0.717, 1.165) is 50.7 Å². The molecule has 1 amide bonds. The van der Waals surface area contributed by atoms with Crippen LogP contribution in [0.4, 0.5) is 18.9 Å². The number of anilines is 1. The van der Waals surface area contributed by atoms with Crippen molar-refractivity contribution < 1.29 is 18.0 Å². The number of pyridine rings is 1. The van der Waals surface area contributed by atoms with Crippen LogP contribution in [0.5, 0.6) is 0 Å². The number of carbonyl (C=O) groups excluding carboxylic acids is 1. The highest BCUT2D eigenvalue weighted by atomic mass is 19.4. The third kappa shape index (κ3) is 4.95. The van der Waals surface area contributed by atoms with Crippen LogP contribution in [0.2, 0.25) is 0 Å². The summed E-state index contributed by atoms with van der Waals surface area (Å²) in [4.78, 5) is 21.6. The normalized spacial score (nSPS) is 23.0. The SMILES string of the molecule is C[C@H]1C[C@@H](NC(=O)C(C)(C)N2CCCCC2)CN(c2ccc(C(F)(F)F)c3ncccc23)C1. The van der Waals surface area contributed by atoms with Crippen molar-refractivity contribution in [2.75, 3.05) is 31.1 Å². The van der Waals surface area contributed by atoms with E-state index in [4.69, 9.17) is 0 Å². The first kappa shape index (κ1) is 23.8. The number of carbonyl (C=O) groups is 1. The second-order valence-electron chi connectivity index (χ2n) is 10.1. The molecule has 0 radical (unpaired) electrons. The van der Waals surface area contributed by atoms with Gasteiger partial charge in [-0.3, -0.25) is 14.7 Å². The summed E-state index contributed by atoms with van der Waals surface area (Å²) >= 11 is 0. The third-order valence-corrected chi connectivity index (χ3v) is 7.09. The van der Waals surface area contributed by atoms with Gasteiger partial charge in [0.25, 0.3) is 0 Å². The number of rotatable bonds is 4. The Morgan fingerprint density at radius 3 is 2.52 bits per heavy atom. The molecule has 1 N–H and O–H groups in total. The van der Waals surface area contributed by atoms with E-state index in [9.17, 15) is 18.0 Å². The van der Waals surface area contributed by atoms with Crippen LogP contribution in [0.1, 0.15) is 52.0 Å². The molecule has 0 unspecified atom stereocenters. The van der Waals surface area contributed by atoms with Crippen molar-refractivity contribution in [2.45, 2.75) is 64.2 Å². The number of nitrogens with one attached hydrogen (secondary N) is 1. The minimum Gasteiger partial charge on any atom is -0.369 e. The Morgan fingerprint density at radius 1 is 1.09 bits per heavy atom. The molecule has 8 heteroatoms. The summed E-state index contributed by atoms with van der Waals surface area (Å²) in [7, 11) is 0. The Kier molecular flexibility index (Phi) is 6.58. The Balaban J connectivity index is 1.56. The zero-order valence-corrected chi connectivity index (χ0v) is 19.6. The molecule has 0 bridgehead atoms. The standard InChI is InChI=1S/C25H33F3N4O/c1-17-14-18(30-23(33)24(2,3)32-12-5-4-6-13-32)16-31(15-17)21-10-9-20(25(26,27)28)22-19(21)8-7-11-29-22/h7-11,17-18H,4-6,12-16H2,1-3H3,(H,30,33)/t17-,18+/m0/s1. The number of fused-ring (bicyclic) bond motifs is 1. The van der Waals surface area contributed by atoms with E-state index in [0.29, 0.717) is 11.9 Å². The summed E-state index contributed by atoms with van der Waals surface area (Å²) in [5.74, 6) is 0.304. The Bertz CT molecular complexity index is 1000. The van der Waals surface area contributed by atoms with Crippen molar-refractivity contribution in [3.8, 4) is 0 Å². The summed E-state index contributed by atoms with van der Waals surface area (Å²) in [6.45, 7) is 9.21. The fourth-order valence-corrected chi connectivity index (χ4v) is 5.27. The summed E-state index contributed by atoms with van der Waals surface area (Å²) in [5, 5.41) is 3.74. The molecule has 180 valence electrons. The molecule has 2 atom stereocenters. The highest BCUT2D eigenvalue weighted by Crippen LogP contribution is 2.38. The number of piperidine rings is 2. The number of hydrogen-bond donors (Lipinski definition) is 1. The predicted molar refractivity (Wildman–Crippen MR) is 124 cm³/mol. The largest absolute Gasteiger partial charge is 0.418 e. The maximum Gasteiger partial charge on any atom is 0.418 e. The van der Waals surface area contributed by atoms with Crippen LogP contribution in [0.25, 0.3) is 10.9 Å². The third-order valence-electron chi connectivity index (χ3n) is 7.09. The van der Waals surface area contributed by atoms with Gasteiger partial charge in [0.05, 0.1) is 16.6 Å². The first-order valence-electron chi connectivity index (χ1n) is 11.8. The maximum atomic E-state index is 13.5. The van der Waals surface area contributed by atoms with E-state index >= 15 is 0 Å². The molecule has 0 spiro atoms. The van der Waals surface area contributed by atoms with Gasteiger partial charge in [0, 0.05) is 36.4 Å². The van der Waals surface area contributed by atoms with Gasteiger partial charge >= 0.3 is 6.18 Å². The van der Waals surface area contributed by atoms with Crippen LogP contribution in [0, 0.1) is 5.92 Å². The smallest absolute Gasteiger partial charge is 0.369 e. The molecule has 4 rings (SSSR count). The number of hydrogen-bond acceptors (Lipinski definition) is 4. The van der Waals surface area contributed by atoms with E-state index in [1.54, 1.807) is 18.2 Å². The van der Waals surface area contributed by atoms with E-state index < -0.39 is 17.3 Å². The molecule has 1 aromatic carbocycles. The zero-order valence-electron chi connectivity index (χ0n) is 19.6. The molecule has 2 saturated heterocycles. The van der Waals surface area contributed by atoms with Crippen molar-refractivity contribution in [1.82, 2.24) is 15.2 Å². The van der Waals surface area contributed by atoms with Gasteiger partial charge < -0.3 is 10.2 Å². The van der Waals surface area contributed by atoms with E-state index in [2.05, 4.69) is 27.0 Å². The molecule has 0 aliphatic carbocycles. The Morgan fingerprint density at radius 2 is 1.82 bits per heavy atom. The lowest BCUT2D eigenvalue weighted by Gasteiger charge is -2.43. The fraction of sp³-hybridized carbons (Fsp3) is 0.600. The first-order valence-corrected chi connectivity index (χ1v) is 11.8. The molecule has 3 heterocycles. The lowest BCUT2D eigenvalue weighted by atomic mass is 9.92. The van der Waals surface area contributed by atoms with Gasteiger partial charge in [-0.25, -0.2) is 0 Å². The van der Waals surface area contributed by atoms with Crippen LogP contribution in [0.3, 0.4) is 0 Å². The molecule has 2 fully saturated rings. The number of nitrogens with zero attached hydrogens (tertiary/aromatic N) is 3. The van der Waals surface area contributed by atoms with Crippen LogP contribution in [-0.4, -0.2) is 53.6 Å². The number of amides is 1. The van der Waals surface area contributed by atoms with Crippen molar-refractivity contribution in [2.24, 2.45) is 5.92 Å². The molecule has 0 saturated carbocycles. The average molecular weight is 463 g/mol. The highest BCUT2D eigenvalue weighted by Gasteiger charge is 2.38. The number of alkyl halides is 3. The second kappa shape index (κ2) is 9.12.